The van der Waals surface area contributed by atoms with Gasteiger partial charge in [0.15, 0.2) is 0 Å². The van der Waals surface area contributed by atoms with Crippen LogP contribution in [0.1, 0.15) is 239 Å². The van der Waals surface area contributed by atoms with E-state index in [1.807, 2.05) is 0 Å². The second-order valence-corrected chi connectivity index (χ2v) is 15.6. The Kier molecular flexibility index (Phi) is 40.6. The van der Waals surface area contributed by atoms with Gasteiger partial charge in [-0.2, -0.15) is 0 Å². The lowest BCUT2D eigenvalue weighted by atomic mass is 10.0. The molecular weight excluding hydrogens is 631 g/mol. The number of hydrogen-bond acceptors (Lipinski definition) is 4. The number of hydrogen-bond donors (Lipinski definition) is 4. The lowest BCUT2D eigenvalue weighted by Crippen LogP contribution is -2.50. The quantitative estimate of drug-likeness (QED) is 0.0374. The van der Waals surface area contributed by atoms with Crippen molar-refractivity contribution in [3.8, 4) is 0 Å². The van der Waals surface area contributed by atoms with Crippen molar-refractivity contribution in [3.05, 3.63) is 24.3 Å². The number of allylic oxidation sites excluding steroid dienone is 4. The summed E-state index contributed by atoms with van der Waals surface area (Å²) in [5.41, 5.74) is 0. The fourth-order valence-electron chi connectivity index (χ4n) is 7.01. The maximum absolute atomic E-state index is 12.4. The average molecular weight is 720 g/mol. The van der Waals surface area contributed by atoms with Crippen LogP contribution in [0.4, 0.5) is 0 Å². The number of aliphatic hydroxyl groups excluding tert-OH is 3. The van der Waals surface area contributed by atoms with Crippen molar-refractivity contribution in [2.24, 2.45) is 0 Å². The summed E-state index contributed by atoms with van der Waals surface area (Å²) in [7, 11) is 0. The van der Waals surface area contributed by atoms with Gasteiger partial charge in [0.05, 0.1) is 18.8 Å². The zero-order chi connectivity index (χ0) is 37.3. The molecule has 0 radical (unpaired) electrons. The Morgan fingerprint density at radius 3 is 1.20 bits per heavy atom. The van der Waals surface area contributed by atoms with Crippen LogP contribution in [0.25, 0.3) is 0 Å². The molecule has 5 nitrogen and oxygen atoms in total. The topological polar surface area (TPSA) is 89.8 Å². The van der Waals surface area contributed by atoms with Crippen molar-refractivity contribution in [1.29, 1.82) is 0 Å². The summed E-state index contributed by atoms with van der Waals surface area (Å²) in [5.74, 6) is -0.157. The van der Waals surface area contributed by atoms with Gasteiger partial charge in [0, 0.05) is 6.42 Å². The Hall–Kier alpha value is -1.17. The van der Waals surface area contributed by atoms with E-state index in [0.29, 0.717) is 12.8 Å². The fourth-order valence-corrected chi connectivity index (χ4v) is 7.01. The first-order valence-corrected chi connectivity index (χ1v) is 22.6. The fraction of sp³-hybridized carbons (Fsp3) is 0.891. The van der Waals surface area contributed by atoms with Crippen LogP contribution >= 0.6 is 0 Å². The molecule has 0 aliphatic heterocycles. The van der Waals surface area contributed by atoms with E-state index in [4.69, 9.17) is 0 Å². The van der Waals surface area contributed by atoms with Gasteiger partial charge in [-0.05, 0) is 44.9 Å². The van der Waals surface area contributed by atoms with E-state index in [2.05, 4.69) is 43.5 Å². The normalized spacial score (nSPS) is 13.7. The molecule has 51 heavy (non-hydrogen) atoms. The smallest absolute Gasteiger partial charge is 0.220 e. The van der Waals surface area contributed by atoms with E-state index in [-0.39, 0.29) is 12.5 Å². The number of unbranched alkanes of at least 4 members (excludes halogenated alkanes) is 29. The Bertz CT molecular complexity index is 754. The van der Waals surface area contributed by atoms with Crippen molar-refractivity contribution in [2.45, 2.75) is 257 Å². The van der Waals surface area contributed by atoms with Crippen molar-refractivity contribution in [2.75, 3.05) is 6.61 Å². The highest BCUT2D eigenvalue weighted by Crippen LogP contribution is 2.17. The first-order chi connectivity index (χ1) is 25.1. The minimum Gasteiger partial charge on any atom is -0.394 e. The SMILES string of the molecule is CCC/C=C/CC/C=C/CCCC(O)C(O)C(CO)NC(=O)CCCCCCCCCCCCCCCCCCCCCCCCCCCCC. The van der Waals surface area contributed by atoms with Gasteiger partial charge in [0.2, 0.25) is 5.91 Å². The van der Waals surface area contributed by atoms with E-state index in [1.54, 1.807) is 0 Å². The monoisotopic (exact) mass is 720 g/mol. The molecule has 0 saturated carbocycles. The predicted octanol–water partition coefficient (Wildman–Crippen LogP) is 13.0. The molecule has 0 aliphatic carbocycles. The largest absolute Gasteiger partial charge is 0.394 e. The van der Waals surface area contributed by atoms with E-state index >= 15 is 0 Å². The van der Waals surface area contributed by atoms with Gasteiger partial charge < -0.3 is 20.6 Å². The molecule has 0 bridgehead atoms. The molecule has 3 unspecified atom stereocenters. The van der Waals surface area contributed by atoms with E-state index in [0.717, 1.165) is 51.4 Å². The van der Waals surface area contributed by atoms with Gasteiger partial charge in [-0.1, -0.05) is 212 Å². The molecule has 0 saturated heterocycles. The molecule has 0 spiro atoms. The molecule has 0 aromatic carbocycles. The highest BCUT2D eigenvalue weighted by atomic mass is 16.3. The van der Waals surface area contributed by atoms with Crippen LogP contribution in [0.2, 0.25) is 0 Å². The summed E-state index contributed by atoms with van der Waals surface area (Å²) in [6, 6.07) is -0.827. The maximum Gasteiger partial charge on any atom is 0.220 e. The van der Waals surface area contributed by atoms with Crippen LogP contribution < -0.4 is 5.32 Å². The van der Waals surface area contributed by atoms with Crippen LogP contribution in [0.15, 0.2) is 24.3 Å². The minimum atomic E-state index is -1.16. The first-order valence-electron chi connectivity index (χ1n) is 22.6. The van der Waals surface area contributed by atoms with Gasteiger partial charge in [-0.25, -0.2) is 0 Å². The van der Waals surface area contributed by atoms with Crippen LogP contribution in [0, 0.1) is 0 Å². The number of carbonyl (C=O) groups excluding carboxylic acids is 1. The summed E-state index contributed by atoms with van der Waals surface area (Å²) in [6.07, 6.45) is 50.3. The molecule has 0 heterocycles. The summed E-state index contributed by atoms with van der Waals surface area (Å²) in [6.45, 7) is 4.09. The van der Waals surface area contributed by atoms with Gasteiger partial charge in [0.25, 0.3) is 0 Å². The van der Waals surface area contributed by atoms with E-state index in [9.17, 15) is 20.1 Å². The third-order valence-corrected chi connectivity index (χ3v) is 10.5. The highest BCUT2D eigenvalue weighted by Gasteiger charge is 2.26. The number of carbonyl (C=O) groups is 1. The van der Waals surface area contributed by atoms with Gasteiger partial charge in [-0.15, -0.1) is 0 Å². The molecule has 0 rings (SSSR count). The van der Waals surface area contributed by atoms with Crippen molar-refractivity contribution < 1.29 is 20.1 Å². The molecule has 302 valence electrons. The Morgan fingerprint density at radius 2 is 0.824 bits per heavy atom. The third kappa shape index (κ3) is 37.0. The molecule has 1 amide bonds. The van der Waals surface area contributed by atoms with Gasteiger partial charge >= 0.3 is 0 Å². The zero-order valence-electron chi connectivity index (χ0n) is 34.2. The molecule has 0 aromatic rings. The number of amides is 1. The summed E-state index contributed by atoms with van der Waals surface area (Å²) >= 11 is 0. The van der Waals surface area contributed by atoms with Crippen LogP contribution in [0.5, 0.6) is 0 Å². The van der Waals surface area contributed by atoms with Crippen LogP contribution in [-0.2, 0) is 4.79 Å². The average Bonchev–Trinajstić information content (AvgIpc) is 3.13. The maximum atomic E-state index is 12.4. The molecular formula is C46H89NO4. The second-order valence-electron chi connectivity index (χ2n) is 15.6. The second kappa shape index (κ2) is 41.6. The predicted molar refractivity (Wildman–Crippen MR) is 222 cm³/mol. The minimum absolute atomic E-state index is 0.157. The van der Waals surface area contributed by atoms with E-state index < -0.39 is 18.2 Å². The number of rotatable bonds is 41. The molecule has 3 atom stereocenters. The van der Waals surface area contributed by atoms with Crippen molar-refractivity contribution in [3.63, 3.8) is 0 Å². The molecule has 4 N–H and O–H groups in total. The summed E-state index contributed by atoms with van der Waals surface area (Å²) < 4.78 is 0. The summed E-state index contributed by atoms with van der Waals surface area (Å²) in [4.78, 5) is 12.4. The zero-order valence-corrected chi connectivity index (χ0v) is 34.2. The Labute approximate surface area is 318 Å². The molecule has 0 aromatic heterocycles. The lowest BCUT2D eigenvalue weighted by molar-refractivity contribution is -0.124. The molecule has 0 fully saturated rings. The number of aliphatic hydroxyl groups is 3. The van der Waals surface area contributed by atoms with Gasteiger partial charge in [-0.3, -0.25) is 4.79 Å². The van der Waals surface area contributed by atoms with Gasteiger partial charge in [0.1, 0.15) is 6.10 Å². The van der Waals surface area contributed by atoms with Crippen LogP contribution in [-0.4, -0.2) is 46.1 Å². The van der Waals surface area contributed by atoms with Crippen LogP contribution in [0.3, 0.4) is 0 Å². The van der Waals surface area contributed by atoms with Crippen molar-refractivity contribution in [1.82, 2.24) is 5.32 Å². The Balaban J connectivity index is 3.51. The molecule has 0 aliphatic rings. The number of nitrogens with one attached hydrogen (secondary N) is 1. The lowest BCUT2D eigenvalue weighted by Gasteiger charge is -2.26. The molecule has 5 heteroatoms. The van der Waals surface area contributed by atoms with E-state index in [1.165, 1.54) is 161 Å². The van der Waals surface area contributed by atoms with Crippen molar-refractivity contribution >= 4 is 5.91 Å². The standard InChI is InChI=1S/C46H89NO4/c1-3-5-7-9-11-13-15-16-17-18-19-20-21-22-23-24-25-26-27-28-29-30-31-33-35-37-39-41-45(50)47-43(42-48)46(51)44(49)40-38-36-34-32-14-12-10-8-6-4-2/h8,10,32,34,43-44,46,48-49,51H,3-7,9,11-31,33,35-42H2,1-2H3,(H,47,50)/b10-8+,34-32+. The summed E-state index contributed by atoms with van der Waals surface area (Å²) in [5, 5.41) is 33.3. The first kappa shape index (κ1) is 49.8. The Morgan fingerprint density at radius 1 is 0.471 bits per heavy atom. The highest BCUT2D eigenvalue weighted by molar-refractivity contribution is 5.76. The third-order valence-electron chi connectivity index (χ3n) is 10.5.